The second-order valence-electron chi connectivity index (χ2n) is 6.74. The van der Waals surface area contributed by atoms with Gasteiger partial charge in [-0.2, -0.15) is 0 Å². The number of aliphatic imine (C=N–C) groups is 1. The average molecular weight is 414 g/mol. The van der Waals surface area contributed by atoms with Crippen LogP contribution in [0.4, 0.5) is 5.69 Å². The maximum atomic E-state index is 13.3. The van der Waals surface area contributed by atoms with Crippen LogP contribution in [0.15, 0.2) is 47.5 Å². The van der Waals surface area contributed by atoms with Crippen LogP contribution in [0.25, 0.3) is 0 Å². The number of hydrogen-bond acceptors (Lipinski definition) is 5. The van der Waals surface area contributed by atoms with Gasteiger partial charge in [-0.05, 0) is 25.0 Å². The Hall–Kier alpha value is -2.57. The lowest BCUT2D eigenvalue weighted by Gasteiger charge is -2.23. The molecule has 0 saturated carbocycles. The standard InChI is InChI=1S/C22H24ClN3O3/c1-3-5-14-29-21-22(28)26(18(27)9-4-2)16-12-13-17(23)24-20(16)19(25-21)15-10-7-6-8-11-15/h6-8,10-13,21H,3-5,9,14H2,1-2H3. The van der Waals surface area contributed by atoms with E-state index in [2.05, 4.69) is 9.98 Å². The van der Waals surface area contributed by atoms with Crippen LogP contribution in [0.3, 0.4) is 0 Å². The van der Waals surface area contributed by atoms with E-state index in [1.54, 1.807) is 12.1 Å². The molecular weight excluding hydrogens is 390 g/mol. The minimum atomic E-state index is -1.12. The lowest BCUT2D eigenvalue weighted by molar-refractivity contribution is -0.134. The van der Waals surface area contributed by atoms with Crippen molar-refractivity contribution in [3.63, 3.8) is 0 Å². The van der Waals surface area contributed by atoms with Crippen LogP contribution in [0.5, 0.6) is 0 Å². The molecule has 1 unspecified atom stereocenters. The highest BCUT2D eigenvalue weighted by atomic mass is 35.5. The Balaban J connectivity index is 2.17. The van der Waals surface area contributed by atoms with E-state index < -0.39 is 12.1 Å². The first-order valence-corrected chi connectivity index (χ1v) is 10.2. The molecule has 6 nitrogen and oxygen atoms in total. The van der Waals surface area contributed by atoms with Gasteiger partial charge in [0, 0.05) is 18.6 Å². The van der Waals surface area contributed by atoms with Crippen molar-refractivity contribution in [2.24, 2.45) is 4.99 Å². The smallest absolute Gasteiger partial charge is 0.285 e. The molecule has 3 rings (SSSR count). The number of carbonyl (C=O) groups excluding carboxylic acids is 2. The third kappa shape index (κ3) is 4.71. The highest BCUT2D eigenvalue weighted by molar-refractivity contribution is 6.30. The monoisotopic (exact) mass is 413 g/mol. The summed E-state index contributed by atoms with van der Waals surface area (Å²) in [5, 5.41) is 0.257. The zero-order chi connectivity index (χ0) is 20.8. The fraction of sp³-hybridized carbons (Fsp3) is 0.364. The second-order valence-corrected chi connectivity index (χ2v) is 7.13. The molecule has 29 heavy (non-hydrogen) atoms. The summed E-state index contributed by atoms with van der Waals surface area (Å²) in [5.74, 6) is -0.813. The van der Waals surface area contributed by atoms with Crippen molar-refractivity contribution < 1.29 is 14.3 Å². The summed E-state index contributed by atoms with van der Waals surface area (Å²) in [6, 6.07) is 12.6. The van der Waals surface area contributed by atoms with E-state index >= 15 is 0 Å². The molecule has 0 fully saturated rings. The summed E-state index contributed by atoms with van der Waals surface area (Å²) in [7, 11) is 0. The van der Waals surface area contributed by atoms with Crippen molar-refractivity contribution in [3.8, 4) is 0 Å². The van der Waals surface area contributed by atoms with Crippen molar-refractivity contribution in [2.45, 2.75) is 45.8 Å². The molecule has 2 aromatic rings. The minimum absolute atomic E-state index is 0.232. The Morgan fingerprint density at radius 2 is 1.90 bits per heavy atom. The number of halogens is 1. The largest absolute Gasteiger partial charge is 0.348 e. The van der Waals surface area contributed by atoms with Crippen molar-refractivity contribution in [2.75, 3.05) is 11.5 Å². The third-order valence-electron chi connectivity index (χ3n) is 4.52. The van der Waals surface area contributed by atoms with E-state index in [9.17, 15) is 9.59 Å². The number of amides is 2. The van der Waals surface area contributed by atoms with Crippen LogP contribution in [-0.4, -0.2) is 35.3 Å². The summed E-state index contributed by atoms with van der Waals surface area (Å²) < 4.78 is 5.80. The Bertz CT molecular complexity index is 915. The maximum absolute atomic E-state index is 13.3. The van der Waals surface area contributed by atoms with Gasteiger partial charge in [-0.1, -0.05) is 62.2 Å². The van der Waals surface area contributed by atoms with Gasteiger partial charge in [-0.25, -0.2) is 14.9 Å². The molecule has 0 bridgehead atoms. The van der Waals surface area contributed by atoms with Gasteiger partial charge >= 0.3 is 0 Å². The predicted octanol–water partition coefficient (Wildman–Crippen LogP) is 4.39. The molecular formula is C22H24ClN3O3. The van der Waals surface area contributed by atoms with Crippen LogP contribution in [0.2, 0.25) is 5.15 Å². The summed E-state index contributed by atoms with van der Waals surface area (Å²) in [6.07, 6.45) is 1.44. The second kappa shape index (κ2) is 9.76. The molecule has 0 radical (unpaired) electrons. The normalized spacial score (nSPS) is 16.2. The lowest BCUT2D eigenvalue weighted by Crippen LogP contribution is -2.43. The lowest BCUT2D eigenvalue weighted by atomic mass is 10.1. The topological polar surface area (TPSA) is 71.9 Å². The fourth-order valence-corrected chi connectivity index (χ4v) is 3.23. The highest BCUT2D eigenvalue weighted by Gasteiger charge is 2.36. The SMILES string of the molecule is CCCCOC1N=C(c2ccccc2)c2nc(Cl)ccc2N(C(=O)CCC)C1=O. The van der Waals surface area contributed by atoms with E-state index in [0.29, 0.717) is 30.1 Å². The number of unbranched alkanes of at least 4 members (excludes halogenated alkanes) is 1. The summed E-state index contributed by atoms with van der Waals surface area (Å²) in [6.45, 7) is 4.30. The first kappa shape index (κ1) is 21.1. The summed E-state index contributed by atoms with van der Waals surface area (Å²) >= 11 is 6.16. The molecule has 2 heterocycles. The molecule has 0 spiro atoms. The van der Waals surface area contributed by atoms with Crippen molar-refractivity contribution in [1.29, 1.82) is 0 Å². The van der Waals surface area contributed by atoms with Crippen LogP contribution < -0.4 is 4.90 Å². The molecule has 2 amide bonds. The van der Waals surface area contributed by atoms with E-state index in [-0.39, 0.29) is 17.5 Å². The number of fused-ring (bicyclic) bond motifs is 1. The van der Waals surface area contributed by atoms with Crippen molar-refractivity contribution >= 4 is 34.8 Å². The number of imide groups is 1. The molecule has 1 aliphatic heterocycles. The number of hydrogen-bond donors (Lipinski definition) is 0. The third-order valence-corrected chi connectivity index (χ3v) is 4.73. The number of carbonyl (C=O) groups is 2. The Morgan fingerprint density at radius 3 is 2.59 bits per heavy atom. The van der Waals surface area contributed by atoms with Gasteiger partial charge in [0.2, 0.25) is 12.1 Å². The average Bonchev–Trinajstić information content (AvgIpc) is 2.83. The number of benzene rings is 1. The van der Waals surface area contributed by atoms with E-state index in [4.69, 9.17) is 16.3 Å². The number of rotatable bonds is 7. The number of nitrogens with zero attached hydrogens (tertiary/aromatic N) is 3. The van der Waals surface area contributed by atoms with Gasteiger partial charge in [-0.15, -0.1) is 0 Å². The van der Waals surface area contributed by atoms with Crippen LogP contribution in [0, 0.1) is 0 Å². The minimum Gasteiger partial charge on any atom is -0.348 e. The van der Waals surface area contributed by atoms with E-state index in [1.165, 1.54) is 0 Å². The zero-order valence-electron chi connectivity index (χ0n) is 16.6. The van der Waals surface area contributed by atoms with Crippen LogP contribution >= 0.6 is 11.6 Å². The number of pyridine rings is 1. The molecule has 7 heteroatoms. The van der Waals surface area contributed by atoms with Crippen LogP contribution in [-0.2, 0) is 14.3 Å². The van der Waals surface area contributed by atoms with Gasteiger partial charge < -0.3 is 4.74 Å². The van der Waals surface area contributed by atoms with Gasteiger partial charge in [0.25, 0.3) is 5.91 Å². The number of aromatic nitrogens is 1. The first-order valence-electron chi connectivity index (χ1n) is 9.85. The maximum Gasteiger partial charge on any atom is 0.285 e. The Kier molecular flexibility index (Phi) is 7.12. The predicted molar refractivity (Wildman–Crippen MR) is 113 cm³/mol. The van der Waals surface area contributed by atoms with Crippen molar-refractivity contribution in [1.82, 2.24) is 4.98 Å². The first-order chi connectivity index (χ1) is 14.1. The van der Waals surface area contributed by atoms with E-state index in [0.717, 1.165) is 23.3 Å². The molecule has 0 N–H and O–H groups in total. The van der Waals surface area contributed by atoms with Crippen LogP contribution in [0.1, 0.15) is 50.8 Å². The molecule has 0 aliphatic carbocycles. The molecule has 1 aromatic carbocycles. The van der Waals surface area contributed by atoms with Crippen molar-refractivity contribution in [3.05, 3.63) is 58.9 Å². The molecule has 1 aromatic heterocycles. The Labute approximate surface area is 175 Å². The van der Waals surface area contributed by atoms with Gasteiger partial charge in [0.15, 0.2) is 0 Å². The molecule has 0 saturated heterocycles. The summed E-state index contributed by atoms with van der Waals surface area (Å²) in [5.41, 5.74) is 2.01. The van der Waals surface area contributed by atoms with Gasteiger partial charge in [0.1, 0.15) is 10.8 Å². The number of ether oxygens (including phenoxy) is 1. The van der Waals surface area contributed by atoms with Gasteiger partial charge in [0.05, 0.1) is 11.4 Å². The molecule has 152 valence electrons. The zero-order valence-corrected chi connectivity index (χ0v) is 17.4. The highest BCUT2D eigenvalue weighted by Crippen LogP contribution is 2.30. The molecule has 1 atom stereocenters. The number of anilines is 1. The Morgan fingerprint density at radius 1 is 1.14 bits per heavy atom. The molecule has 1 aliphatic rings. The fourth-order valence-electron chi connectivity index (χ4n) is 3.08. The van der Waals surface area contributed by atoms with Gasteiger partial charge in [-0.3, -0.25) is 9.59 Å². The van der Waals surface area contributed by atoms with E-state index in [1.807, 2.05) is 44.2 Å². The summed E-state index contributed by atoms with van der Waals surface area (Å²) in [4.78, 5) is 36.3. The quantitative estimate of drug-likeness (QED) is 0.498.